The Morgan fingerprint density at radius 2 is 2.00 bits per heavy atom. The molecule has 19 heavy (non-hydrogen) atoms. The van der Waals surface area contributed by atoms with Gasteiger partial charge in [0.2, 0.25) is 0 Å². The number of carbonyl (C=O) groups excluding carboxylic acids is 1. The number of hydrogen-bond donors (Lipinski definition) is 2. The highest BCUT2D eigenvalue weighted by molar-refractivity contribution is 5.92. The summed E-state index contributed by atoms with van der Waals surface area (Å²) in [5, 5.41) is 8.81. The largest absolute Gasteiger partial charge is 0.479 e. The maximum Gasteiger partial charge on any atom is 0.345 e. The minimum Gasteiger partial charge on any atom is -0.479 e. The summed E-state index contributed by atoms with van der Waals surface area (Å²) < 4.78 is 31.0. The van der Waals surface area contributed by atoms with Gasteiger partial charge in [-0.05, 0) is 12.5 Å². The number of carbonyl (C=O) groups is 2. The zero-order chi connectivity index (χ0) is 14.6. The minimum atomic E-state index is -1.37. The molecule has 0 saturated heterocycles. The normalized spacial score (nSPS) is 11.9. The van der Waals surface area contributed by atoms with Gasteiger partial charge in [0, 0.05) is 6.07 Å². The van der Waals surface area contributed by atoms with Crippen LogP contribution in [0.4, 0.5) is 14.5 Å². The molecule has 0 aliphatic rings. The number of anilines is 1. The molecule has 7 heteroatoms. The number of nitrogen functional groups attached to an aromatic ring is 1. The van der Waals surface area contributed by atoms with Crippen molar-refractivity contribution in [2.45, 2.75) is 25.9 Å². The summed E-state index contributed by atoms with van der Waals surface area (Å²) >= 11 is 0. The summed E-state index contributed by atoms with van der Waals surface area (Å²) in [4.78, 5) is 22.4. The molecule has 1 rings (SSSR count). The monoisotopic (exact) mass is 273 g/mol. The van der Waals surface area contributed by atoms with Crippen LogP contribution in [0.3, 0.4) is 0 Å². The second kappa shape index (κ2) is 6.12. The topological polar surface area (TPSA) is 89.6 Å². The van der Waals surface area contributed by atoms with E-state index in [-0.39, 0.29) is 6.42 Å². The molecule has 1 atom stereocenters. The highest BCUT2D eigenvalue weighted by Gasteiger charge is 2.24. The zero-order valence-corrected chi connectivity index (χ0v) is 10.2. The average molecular weight is 273 g/mol. The number of rotatable bonds is 5. The van der Waals surface area contributed by atoms with Gasteiger partial charge in [-0.1, -0.05) is 13.3 Å². The van der Waals surface area contributed by atoms with E-state index in [0.717, 1.165) is 6.07 Å². The van der Waals surface area contributed by atoms with Crippen LogP contribution in [0.1, 0.15) is 30.1 Å². The SMILES string of the molecule is CCCC(OC(=O)c1cc(N)c(F)cc1F)C(=O)O. The van der Waals surface area contributed by atoms with Crippen LogP contribution in [0.15, 0.2) is 12.1 Å². The van der Waals surface area contributed by atoms with Gasteiger partial charge in [0.15, 0.2) is 6.10 Å². The number of benzene rings is 1. The third kappa shape index (κ3) is 3.64. The number of carboxylic acids is 1. The molecule has 1 aromatic rings. The van der Waals surface area contributed by atoms with Crippen LogP contribution in [0.2, 0.25) is 0 Å². The first-order valence-electron chi connectivity index (χ1n) is 5.55. The minimum absolute atomic E-state index is 0.0966. The van der Waals surface area contributed by atoms with Gasteiger partial charge >= 0.3 is 11.9 Å². The lowest BCUT2D eigenvalue weighted by Gasteiger charge is -2.13. The lowest BCUT2D eigenvalue weighted by molar-refractivity contribution is -0.147. The van der Waals surface area contributed by atoms with E-state index in [1.165, 1.54) is 0 Å². The van der Waals surface area contributed by atoms with Crippen LogP contribution >= 0.6 is 0 Å². The van der Waals surface area contributed by atoms with Crippen molar-refractivity contribution >= 4 is 17.6 Å². The van der Waals surface area contributed by atoms with Crippen LogP contribution in [-0.2, 0) is 9.53 Å². The molecule has 3 N–H and O–H groups in total. The Balaban J connectivity index is 2.94. The van der Waals surface area contributed by atoms with E-state index in [2.05, 4.69) is 4.74 Å². The van der Waals surface area contributed by atoms with Gasteiger partial charge in [-0.15, -0.1) is 0 Å². The van der Waals surface area contributed by atoms with Crippen molar-refractivity contribution in [3.05, 3.63) is 29.3 Å². The molecule has 1 unspecified atom stereocenters. The first-order chi connectivity index (χ1) is 8.86. The van der Waals surface area contributed by atoms with Crippen molar-refractivity contribution in [2.75, 3.05) is 5.73 Å². The quantitative estimate of drug-likeness (QED) is 0.632. The molecule has 0 bridgehead atoms. The summed E-state index contributed by atoms with van der Waals surface area (Å²) in [6, 6.07) is 1.22. The van der Waals surface area contributed by atoms with Crippen molar-refractivity contribution < 1.29 is 28.2 Å². The number of hydrogen-bond acceptors (Lipinski definition) is 4. The van der Waals surface area contributed by atoms with Crippen molar-refractivity contribution in [1.29, 1.82) is 0 Å². The molecule has 0 heterocycles. The summed E-state index contributed by atoms with van der Waals surface area (Å²) in [5.74, 6) is -4.68. The highest BCUT2D eigenvalue weighted by atomic mass is 19.1. The van der Waals surface area contributed by atoms with Gasteiger partial charge in [0.05, 0.1) is 11.3 Å². The molecule has 0 saturated carbocycles. The van der Waals surface area contributed by atoms with Gasteiger partial charge in [-0.25, -0.2) is 18.4 Å². The van der Waals surface area contributed by atoms with Crippen LogP contribution in [0.25, 0.3) is 0 Å². The van der Waals surface area contributed by atoms with Crippen molar-refractivity contribution in [2.24, 2.45) is 0 Å². The van der Waals surface area contributed by atoms with Crippen molar-refractivity contribution in [3.63, 3.8) is 0 Å². The predicted molar refractivity (Wildman–Crippen MR) is 62.5 cm³/mol. The molecule has 0 radical (unpaired) electrons. The average Bonchev–Trinajstić information content (AvgIpc) is 2.32. The molecule has 0 amide bonds. The fourth-order valence-corrected chi connectivity index (χ4v) is 1.41. The molecule has 104 valence electrons. The van der Waals surface area contributed by atoms with Crippen molar-refractivity contribution in [1.82, 2.24) is 0 Å². The number of ether oxygens (including phenoxy) is 1. The molecule has 0 fully saturated rings. The molecule has 1 aromatic carbocycles. The second-order valence-corrected chi connectivity index (χ2v) is 3.87. The molecule has 0 aromatic heterocycles. The third-order valence-electron chi connectivity index (χ3n) is 2.38. The lowest BCUT2D eigenvalue weighted by atomic mass is 10.1. The van der Waals surface area contributed by atoms with E-state index in [4.69, 9.17) is 10.8 Å². The maximum absolute atomic E-state index is 13.4. The van der Waals surface area contributed by atoms with Gasteiger partial charge in [-0.2, -0.15) is 0 Å². The van der Waals surface area contributed by atoms with Gasteiger partial charge in [0.1, 0.15) is 11.6 Å². The number of esters is 1. The summed E-state index contributed by atoms with van der Waals surface area (Å²) in [5.41, 5.74) is 4.19. The number of nitrogens with two attached hydrogens (primary N) is 1. The van der Waals surface area contributed by atoms with Gasteiger partial charge in [-0.3, -0.25) is 0 Å². The lowest BCUT2D eigenvalue weighted by Crippen LogP contribution is -2.27. The van der Waals surface area contributed by atoms with Crippen LogP contribution < -0.4 is 5.73 Å². The third-order valence-corrected chi connectivity index (χ3v) is 2.38. The van der Waals surface area contributed by atoms with Gasteiger partial charge < -0.3 is 15.6 Å². The summed E-state index contributed by atoms with van der Waals surface area (Å²) in [7, 11) is 0. The van der Waals surface area contributed by atoms with Gasteiger partial charge in [0.25, 0.3) is 0 Å². The molecule has 0 aliphatic carbocycles. The fraction of sp³-hybridized carbons (Fsp3) is 0.333. The summed E-state index contributed by atoms with van der Waals surface area (Å²) in [6.45, 7) is 1.71. The first-order valence-corrected chi connectivity index (χ1v) is 5.55. The van der Waals surface area contributed by atoms with Crippen LogP contribution in [0, 0.1) is 11.6 Å². The number of aliphatic carboxylic acids is 1. The Morgan fingerprint density at radius 1 is 1.37 bits per heavy atom. The summed E-state index contributed by atoms with van der Waals surface area (Å²) in [6.07, 6.45) is -0.805. The predicted octanol–water partition coefficient (Wildman–Crippen LogP) is 1.96. The zero-order valence-electron chi connectivity index (χ0n) is 10.2. The Bertz CT molecular complexity index is 505. The molecular formula is C12H13F2NO4. The number of carboxylic acid groups (broad SMARTS) is 1. The van der Waals surface area contributed by atoms with E-state index in [0.29, 0.717) is 12.5 Å². The Morgan fingerprint density at radius 3 is 2.53 bits per heavy atom. The Hall–Kier alpha value is -2.18. The van der Waals surface area contributed by atoms with Crippen molar-refractivity contribution in [3.8, 4) is 0 Å². The molecule has 5 nitrogen and oxygen atoms in total. The highest BCUT2D eigenvalue weighted by Crippen LogP contribution is 2.18. The number of halogens is 2. The first kappa shape index (κ1) is 14.9. The Labute approximate surface area is 108 Å². The van der Waals surface area contributed by atoms with E-state index < -0.39 is 40.9 Å². The fourth-order valence-electron chi connectivity index (χ4n) is 1.41. The van der Waals surface area contributed by atoms with Crippen LogP contribution in [0.5, 0.6) is 0 Å². The smallest absolute Gasteiger partial charge is 0.345 e. The molecule has 0 aliphatic heterocycles. The van der Waals surface area contributed by atoms with E-state index in [1.54, 1.807) is 6.92 Å². The standard InChI is InChI=1S/C12H13F2NO4/c1-2-3-10(11(16)17)19-12(18)6-4-9(15)8(14)5-7(6)13/h4-5,10H,2-3,15H2,1H3,(H,16,17). The second-order valence-electron chi connectivity index (χ2n) is 3.87. The van der Waals surface area contributed by atoms with E-state index >= 15 is 0 Å². The van der Waals surface area contributed by atoms with Crippen LogP contribution in [-0.4, -0.2) is 23.1 Å². The molecular weight excluding hydrogens is 260 g/mol. The maximum atomic E-state index is 13.4. The Kier molecular flexibility index (Phi) is 4.80. The molecule has 0 spiro atoms. The van der Waals surface area contributed by atoms with E-state index in [9.17, 15) is 18.4 Å². The van der Waals surface area contributed by atoms with E-state index in [1.807, 2.05) is 0 Å².